The molecular weight excluding hydrogens is 342 g/mol. The van der Waals surface area contributed by atoms with Crippen molar-refractivity contribution in [1.29, 1.82) is 0 Å². The normalized spacial score (nSPS) is 10.4. The largest absolute Gasteiger partial charge is 0.490 e. The molecule has 0 aliphatic heterocycles. The maximum absolute atomic E-state index is 12.5. The van der Waals surface area contributed by atoms with Gasteiger partial charge < -0.3 is 14.8 Å². The van der Waals surface area contributed by atoms with Crippen LogP contribution in [0.4, 0.5) is 0 Å². The summed E-state index contributed by atoms with van der Waals surface area (Å²) in [5.74, 6) is 1.04. The standard InChI is InChI=1S/C21H23N3O3/c1-3-26-19-11-10-17(12-20(19)27-4-2)21(25)22-13-16-14-23-24(15-16)18-8-6-5-7-9-18/h5-12,14-15H,3-4,13H2,1-2H3,(H,22,25). The fourth-order valence-corrected chi connectivity index (χ4v) is 2.65. The molecule has 1 heterocycles. The van der Waals surface area contributed by atoms with Crippen LogP contribution in [0.15, 0.2) is 60.9 Å². The highest BCUT2D eigenvalue weighted by Crippen LogP contribution is 2.28. The molecule has 1 N–H and O–H groups in total. The third-order valence-corrected chi connectivity index (χ3v) is 3.92. The van der Waals surface area contributed by atoms with Crippen molar-refractivity contribution in [2.45, 2.75) is 20.4 Å². The summed E-state index contributed by atoms with van der Waals surface area (Å²) in [4.78, 5) is 12.5. The van der Waals surface area contributed by atoms with Crippen LogP contribution in [0.25, 0.3) is 5.69 Å². The van der Waals surface area contributed by atoms with E-state index in [0.29, 0.717) is 36.8 Å². The Morgan fingerprint density at radius 1 is 1.04 bits per heavy atom. The summed E-state index contributed by atoms with van der Waals surface area (Å²) in [6.07, 6.45) is 3.65. The van der Waals surface area contributed by atoms with Crippen molar-refractivity contribution in [3.63, 3.8) is 0 Å². The molecule has 1 aromatic heterocycles. The Bertz CT molecular complexity index is 891. The molecule has 0 aliphatic rings. The minimum absolute atomic E-state index is 0.175. The zero-order valence-corrected chi connectivity index (χ0v) is 15.5. The molecule has 2 aromatic carbocycles. The van der Waals surface area contributed by atoms with Crippen LogP contribution in [0.1, 0.15) is 29.8 Å². The molecular formula is C21H23N3O3. The quantitative estimate of drug-likeness (QED) is 0.662. The topological polar surface area (TPSA) is 65.4 Å². The highest BCUT2D eigenvalue weighted by Gasteiger charge is 2.12. The summed E-state index contributed by atoms with van der Waals surface area (Å²) in [6, 6.07) is 15.0. The summed E-state index contributed by atoms with van der Waals surface area (Å²) >= 11 is 0. The number of carbonyl (C=O) groups excluding carboxylic acids is 1. The van der Waals surface area contributed by atoms with Crippen molar-refractivity contribution in [2.24, 2.45) is 0 Å². The summed E-state index contributed by atoms with van der Waals surface area (Å²) in [5, 5.41) is 7.25. The lowest BCUT2D eigenvalue weighted by molar-refractivity contribution is 0.0950. The van der Waals surface area contributed by atoms with E-state index in [2.05, 4.69) is 10.4 Å². The van der Waals surface area contributed by atoms with Gasteiger partial charge in [0, 0.05) is 23.9 Å². The molecule has 1 amide bonds. The number of amides is 1. The lowest BCUT2D eigenvalue weighted by Gasteiger charge is -2.12. The van der Waals surface area contributed by atoms with Gasteiger partial charge in [-0.25, -0.2) is 4.68 Å². The molecule has 0 bridgehead atoms. The minimum Gasteiger partial charge on any atom is -0.490 e. The first-order valence-electron chi connectivity index (χ1n) is 8.98. The molecule has 0 radical (unpaired) electrons. The molecule has 3 aromatic rings. The SMILES string of the molecule is CCOc1ccc(C(=O)NCc2cnn(-c3ccccc3)c2)cc1OCC. The summed E-state index contributed by atoms with van der Waals surface area (Å²) < 4.78 is 12.9. The molecule has 0 saturated carbocycles. The average molecular weight is 365 g/mol. The zero-order valence-electron chi connectivity index (χ0n) is 15.5. The Labute approximate surface area is 158 Å². The van der Waals surface area contributed by atoms with Crippen LogP contribution < -0.4 is 14.8 Å². The third-order valence-electron chi connectivity index (χ3n) is 3.92. The second kappa shape index (κ2) is 8.89. The number of rotatable bonds is 8. The first-order valence-corrected chi connectivity index (χ1v) is 8.98. The maximum Gasteiger partial charge on any atom is 0.251 e. The predicted molar refractivity (Wildman–Crippen MR) is 104 cm³/mol. The molecule has 140 valence electrons. The van der Waals surface area contributed by atoms with E-state index in [1.54, 1.807) is 29.1 Å². The van der Waals surface area contributed by atoms with Crippen molar-refractivity contribution in [3.05, 3.63) is 72.1 Å². The maximum atomic E-state index is 12.5. The average Bonchev–Trinajstić information content (AvgIpc) is 3.17. The van der Waals surface area contributed by atoms with Crippen molar-refractivity contribution < 1.29 is 14.3 Å². The van der Waals surface area contributed by atoms with Crippen LogP contribution in [0.5, 0.6) is 11.5 Å². The van der Waals surface area contributed by atoms with Gasteiger partial charge in [0.2, 0.25) is 0 Å². The number of para-hydroxylation sites is 1. The Kier molecular flexibility index (Phi) is 6.10. The molecule has 6 heteroatoms. The highest BCUT2D eigenvalue weighted by atomic mass is 16.5. The molecule has 0 saturated heterocycles. The van der Waals surface area contributed by atoms with Gasteiger partial charge in [-0.2, -0.15) is 5.10 Å². The highest BCUT2D eigenvalue weighted by molar-refractivity contribution is 5.94. The van der Waals surface area contributed by atoms with E-state index in [0.717, 1.165) is 11.3 Å². The molecule has 0 atom stereocenters. The molecule has 0 spiro atoms. The molecule has 27 heavy (non-hydrogen) atoms. The summed E-state index contributed by atoms with van der Waals surface area (Å²) in [6.45, 7) is 5.24. The van der Waals surface area contributed by atoms with E-state index in [-0.39, 0.29) is 5.91 Å². The van der Waals surface area contributed by atoms with Gasteiger partial charge >= 0.3 is 0 Å². The van der Waals surface area contributed by atoms with Crippen LogP contribution in [0.3, 0.4) is 0 Å². The first kappa shape index (κ1) is 18.5. The van der Waals surface area contributed by atoms with Crippen LogP contribution >= 0.6 is 0 Å². The van der Waals surface area contributed by atoms with Crippen molar-refractivity contribution in [3.8, 4) is 17.2 Å². The number of carbonyl (C=O) groups is 1. The monoisotopic (exact) mass is 365 g/mol. The van der Waals surface area contributed by atoms with Gasteiger partial charge in [0.1, 0.15) is 0 Å². The van der Waals surface area contributed by atoms with Crippen molar-refractivity contribution in [2.75, 3.05) is 13.2 Å². The van der Waals surface area contributed by atoms with Crippen molar-refractivity contribution in [1.82, 2.24) is 15.1 Å². The van der Waals surface area contributed by atoms with Gasteiger partial charge in [0.25, 0.3) is 5.91 Å². The third kappa shape index (κ3) is 4.67. The zero-order chi connectivity index (χ0) is 19.1. The lowest BCUT2D eigenvalue weighted by atomic mass is 10.2. The Hall–Kier alpha value is -3.28. The van der Waals surface area contributed by atoms with E-state index >= 15 is 0 Å². The second-order valence-corrected chi connectivity index (χ2v) is 5.84. The van der Waals surface area contributed by atoms with Gasteiger partial charge in [-0.15, -0.1) is 0 Å². The smallest absolute Gasteiger partial charge is 0.251 e. The van der Waals surface area contributed by atoms with Gasteiger partial charge in [0.05, 0.1) is 25.1 Å². The van der Waals surface area contributed by atoms with Crippen LogP contribution in [0.2, 0.25) is 0 Å². The molecule has 0 unspecified atom stereocenters. The van der Waals surface area contributed by atoms with E-state index in [1.807, 2.05) is 50.4 Å². The second-order valence-electron chi connectivity index (χ2n) is 5.84. The first-order chi connectivity index (χ1) is 13.2. The van der Waals surface area contributed by atoms with E-state index in [4.69, 9.17) is 9.47 Å². The van der Waals surface area contributed by atoms with Crippen LogP contribution in [-0.4, -0.2) is 28.9 Å². The van der Waals surface area contributed by atoms with E-state index in [1.165, 1.54) is 0 Å². The number of benzene rings is 2. The fraction of sp³-hybridized carbons (Fsp3) is 0.238. The summed E-state index contributed by atoms with van der Waals surface area (Å²) in [5.41, 5.74) is 2.42. The van der Waals surface area contributed by atoms with Crippen LogP contribution in [-0.2, 0) is 6.54 Å². The van der Waals surface area contributed by atoms with E-state index < -0.39 is 0 Å². The number of hydrogen-bond donors (Lipinski definition) is 1. The number of hydrogen-bond acceptors (Lipinski definition) is 4. The molecule has 0 aliphatic carbocycles. The predicted octanol–water partition coefficient (Wildman–Crippen LogP) is 3.60. The van der Waals surface area contributed by atoms with Crippen molar-refractivity contribution >= 4 is 5.91 Å². The van der Waals surface area contributed by atoms with Gasteiger partial charge in [-0.1, -0.05) is 18.2 Å². The number of nitrogens with one attached hydrogen (secondary N) is 1. The Morgan fingerprint density at radius 2 is 1.78 bits per heavy atom. The van der Waals surface area contributed by atoms with Gasteiger partial charge in [-0.05, 0) is 44.2 Å². The summed E-state index contributed by atoms with van der Waals surface area (Å²) in [7, 11) is 0. The van der Waals surface area contributed by atoms with Crippen LogP contribution in [0, 0.1) is 0 Å². The fourth-order valence-electron chi connectivity index (χ4n) is 2.65. The minimum atomic E-state index is -0.175. The van der Waals surface area contributed by atoms with Gasteiger partial charge in [-0.3, -0.25) is 4.79 Å². The number of nitrogens with zero attached hydrogens (tertiary/aromatic N) is 2. The molecule has 6 nitrogen and oxygen atoms in total. The Morgan fingerprint density at radius 3 is 2.52 bits per heavy atom. The van der Waals surface area contributed by atoms with E-state index in [9.17, 15) is 4.79 Å². The Balaban J connectivity index is 1.66. The lowest BCUT2D eigenvalue weighted by Crippen LogP contribution is -2.22. The molecule has 3 rings (SSSR count). The molecule has 0 fully saturated rings. The van der Waals surface area contributed by atoms with Gasteiger partial charge in [0.15, 0.2) is 11.5 Å². The number of aromatic nitrogens is 2. The number of ether oxygens (including phenoxy) is 2.